The third-order valence-corrected chi connectivity index (χ3v) is 13.0. The van der Waals surface area contributed by atoms with E-state index in [-0.39, 0.29) is 5.41 Å². The fraction of sp³-hybridized carbons (Fsp3) is 0.103. The number of hydrogen-bond donors (Lipinski definition) is 0. The third kappa shape index (κ3) is 6.46. The van der Waals surface area contributed by atoms with E-state index in [4.69, 9.17) is 9.97 Å². The molecule has 0 bridgehead atoms. The lowest BCUT2D eigenvalue weighted by atomic mass is 9.68. The van der Waals surface area contributed by atoms with Gasteiger partial charge in [0.2, 0.25) is 0 Å². The summed E-state index contributed by atoms with van der Waals surface area (Å²) >= 11 is 0. The summed E-state index contributed by atoms with van der Waals surface area (Å²) < 4.78 is 0. The summed E-state index contributed by atoms with van der Waals surface area (Å²) in [6.45, 7) is 0. The summed E-state index contributed by atoms with van der Waals surface area (Å²) in [4.78, 5) is 10.1. The summed E-state index contributed by atoms with van der Waals surface area (Å²) in [7, 11) is 0. The first-order valence-electron chi connectivity index (χ1n) is 21.4. The van der Waals surface area contributed by atoms with Crippen molar-refractivity contribution < 1.29 is 0 Å². The van der Waals surface area contributed by atoms with E-state index in [1.165, 1.54) is 93.3 Å². The van der Waals surface area contributed by atoms with Crippen LogP contribution < -0.4 is 0 Å². The van der Waals surface area contributed by atoms with Crippen molar-refractivity contribution in [2.75, 3.05) is 0 Å². The van der Waals surface area contributed by atoms with Gasteiger partial charge >= 0.3 is 0 Å². The normalized spacial score (nSPS) is 13.8. The number of nitrogens with zero attached hydrogens (tertiary/aromatic N) is 2. The van der Waals surface area contributed by atoms with Crippen LogP contribution in [0.4, 0.5) is 0 Å². The quantitative estimate of drug-likeness (QED) is 0.161. The molecular formula is C58H44N2. The van der Waals surface area contributed by atoms with Gasteiger partial charge in [-0.05, 0) is 85.7 Å². The first kappa shape index (κ1) is 36.0. The number of aromatic nitrogens is 2. The fourth-order valence-electron chi connectivity index (χ4n) is 9.89. The Labute approximate surface area is 353 Å². The van der Waals surface area contributed by atoms with Crippen LogP contribution in [0, 0.1) is 0 Å². The zero-order valence-corrected chi connectivity index (χ0v) is 33.6. The second-order valence-corrected chi connectivity index (χ2v) is 16.4. The standard InChI is InChI=1S/C58H44N2/c1-4-13-40(14-5-1)41-27-33-47(34-28-41)54-39-55(60-57(59-54)49-15-6-2-7-16-49)48-35-29-45(30-36-48)43-23-21-42(22-24-43)44-25-31-46(32-26-44)50-18-12-20-53-56(50)51-17-8-9-19-52(51)58(53)37-10-3-11-38-58/h1-2,4-9,12-36,39H,3,10-11,37-38H2. The van der Waals surface area contributed by atoms with Gasteiger partial charge in [-0.15, -0.1) is 0 Å². The Morgan fingerprint density at radius 2 is 0.700 bits per heavy atom. The molecular weight excluding hydrogens is 725 g/mol. The van der Waals surface area contributed by atoms with Gasteiger partial charge in [0.15, 0.2) is 5.82 Å². The zero-order chi connectivity index (χ0) is 39.9. The summed E-state index contributed by atoms with van der Waals surface area (Å²) in [5.74, 6) is 0.716. The second kappa shape index (κ2) is 15.2. The van der Waals surface area contributed by atoms with Crippen LogP contribution in [-0.4, -0.2) is 9.97 Å². The highest BCUT2D eigenvalue weighted by Gasteiger charge is 2.44. The minimum Gasteiger partial charge on any atom is -0.228 e. The van der Waals surface area contributed by atoms with E-state index in [1.54, 1.807) is 5.56 Å². The molecule has 0 saturated heterocycles. The molecule has 11 rings (SSSR count). The average Bonchev–Trinajstić information content (AvgIpc) is 3.60. The van der Waals surface area contributed by atoms with Crippen LogP contribution in [0.2, 0.25) is 0 Å². The SMILES string of the molecule is c1ccc(-c2ccc(-c3cc(-c4ccc(-c5ccc(-c6ccc(-c7cccc8c7-c7ccccc7C87CCCCC7)cc6)cc5)cc4)nc(-c4ccccc4)n3)cc2)cc1. The molecule has 8 aromatic carbocycles. The molecule has 1 heterocycles. The van der Waals surface area contributed by atoms with Gasteiger partial charge in [-0.1, -0.05) is 219 Å². The molecule has 0 radical (unpaired) electrons. The van der Waals surface area contributed by atoms with Crippen molar-refractivity contribution in [1.29, 1.82) is 0 Å². The van der Waals surface area contributed by atoms with Crippen molar-refractivity contribution >= 4 is 0 Å². The van der Waals surface area contributed by atoms with Crippen molar-refractivity contribution in [3.05, 3.63) is 217 Å². The van der Waals surface area contributed by atoms with Gasteiger partial charge in [0, 0.05) is 22.1 Å². The monoisotopic (exact) mass is 768 g/mol. The molecule has 2 heteroatoms. The summed E-state index contributed by atoms with van der Waals surface area (Å²) in [5, 5.41) is 0. The minimum absolute atomic E-state index is 0.171. The topological polar surface area (TPSA) is 25.8 Å². The maximum absolute atomic E-state index is 5.07. The summed E-state index contributed by atoms with van der Waals surface area (Å²) in [6, 6.07) is 74.6. The Hall–Kier alpha value is -7.16. The van der Waals surface area contributed by atoms with Crippen LogP contribution in [-0.2, 0) is 5.41 Å². The molecule has 1 saturated carbocycles. The number of rotatable bonds is 7. The van der Waals surface area contributed by atoms with E-state index in [9.17, 15) is 0 Å². The lowest BCUT2D eigenvalue weighted by molar-refractivity contribution is 0.353. The molecule has 1 aromatic heterocycles. The van der Waals surface area contributed by atoms with Gasteiger partial charge in [-0.25, -0.2) is 9.97 Å². The Kier molecular flexibility index (Phi) is 9.12. The van der Waals surface area contributed by atoms with Gasteiger partial charge in [-0.3, -0.25) is 0 Å². The highest BCUT2D eigenvalue weighted by molar-refractivity contribution is 5.93. The van der Waals surface area contributed by atoms with Gasteiger partial charge in [0.1, 0.15) is 0 Å². The predicted molar refractivity (Wildman–Crippen MR) is 249 cm³/mol. The Morgan fingerprint density at radius 3 is 1.23 bits per heavy atom. The molecule has 1 spiro atoms. The van der Waals surface area contributed by atoms with Gasteiger partial charge in [0.25, 0.3) is 0 Å². The fourth-order valence-corrected chi connectivity index (χ4v) is 9.89. The highest BCUT2D eigenvalue weighted by Crippen LogP contribution is 2.57. The minimum atomic E-state index is 0.171. The van der Waals surface area contributed by atoms with Crippen LogP contribution in [0.25, 0.3) is 89.5 Å². The van der Waals surface area contributed by atoms with Gasteiger partial charge in [-0.2, -0.15) is 0 Å². The molecule has 2 aliphatic carbocycles. The first-order chi connectivity index (χ1) is 29.7. The average molecular weight is 769 g/mol. The van der Waals surface area contributed by atoms with Crippen LogP contribution in [0.5, 0.6) is 0 Å². The van der Waals surface area contributed by atoms with Crippen molar-refractivity contribution in [3.63, 3.8) is 0 Å². The lowest BCUT2D eigenvalue weighted by Crippen LogP contribution is -2.27. The smallest absolute Gasteiger partial charge is 0.160 e. The first-order valence-corrected chi connectivity index (χ1v) is 21.4. The molecule has 0 N–H and O–H groups in total. The van der Waals surface area contributed by atoms with Crippen molar-refractivity contribution in [1.82, 2.24) is 9.97 Å². The molecule has 0 aliphatic heterocycles. The van der Waals surface area contributed by atoms with Gasteiger partial charge < -0.3 is 0 Å². The lowest BCUT2D eigenvalue weighted by Gasteiger charge is -2.36. The van der Waals surface area contributed by atoms with E-state index in [0.29, 0.717) is 5.82 Å². The maximum Gasteiger partial charge on any atom is 0.160 e. The van der Waals surface area contributed by atoms with Crippen LogP contribution in [0.1, 0.15) is 43.2 Å². The molecule has 0 unspecified atom stereocenters. The Bertz CT molecular complexity index is 2940. The van der Waals surface area contributed by atoms with Crippen LogP contribution in [0.3, 0.4) is 0 Å². The van der Waals surface area contributed by atoms with Crippen LogP contribution in [0.15, 0.2) is 206 Å². The number of benzene rings is 8. The molecule has 60 heavy (non-hydrogen) atoms. The van der Waals surface area contributed by atoms with Gasteiger partial charge in [0.05, 0.1) is 11.4 Å². The van der Waals surface area contributed by atoms with E-state index in [0.717, 1.165) is 28.1 Å². The highest BCUT2D eigenvalue weighted by atomic mass is 14.9. The third-order valence-electron chi connectivity index (χ3n) is 13.0. The molecule has 2 nitrogen and oxygen atoms in total. The molecule has 286 valence electrons. The number of hydrogen-bond acceptors (Lipinski definition) is 2. The predicted octanol–water partition coefficient (Wildman–Crippen LogP) is 15.4. The summed E-state index contributed by atoms with van der Waals surface area (Å²) in [5.41, 5.74) is 20.8. The van der Waals surface area contributed by atoms with Crippen molar-refractivity contribution in [3.8, 4) is 89.5 Å². The molecule has 1 fully saturated rings. The van der Waals surface area contributed by atoms with E-state index in [1.807, 2.05) is 24.3 Å². The van der Waals surface area contributed by atoms with E-state index >= 15 is 0 Å². The maximum atomic E-state index is 5.07. The van der Waals surface area contributed by atoms with Crippen LogP contribution >= 0.6 is 0 Å². The Morgan fingerprint density at radius 1 is 0.300 bits per heavy atom. The number of fused-ring (bicyclic) bond motifs is 5. The molecule has 0 atom stereocenters. The largest absolute Gasteiger partial charge is 0.228 e. The second-order valence-electron chi connectivity index (χ2n) is 16.4. The zero-order valence-electron chi connectivity index (χ0n) is 33.6. The molecule has 9 aromatic rings. The van der Waals surface area contributed by atoms with Crippen molar-refractivity contribution in [2.45, 2.75) is 37.5 Å². The Balaban J connectivity index is 0.852. The summed E-state index contributed by atoms with van der Waals surface area (Å²) in [6.07, 6.45) is 6.47. The molecule has 2 aliphatic rings. The molecule has 0 amide bonds. The van der Waals surface area contributed by atoms with E-state index in [2.05, 4.69) is 182 Å². The van der Waals surface area contributed by atoms with E-state index < -0.39 is 0 Å². The van der Waals surface area contributed by atoms with Crippen molar-refractivity contribution in [2.24, 2.45) is 0 Å².